The first kappa shape index (κ1) is 14.8. The lowest BCUT2D eigenvalue weighted by atomic mass is 9.85. The van der Waals surface area contributed by atoms with E-state index in [0.717, 1.165) is 37.3 Å². The quantitative estimate of drug-likeness (QED) is 0.839. The van der Waals surface area contributed by atoms with Crippen molar-refractivity contribution in [3.8, 4) is 0 Å². The summed E-state index contributed by atoms with van der Waals surface area (Å²) >= 11 is 0. The first-order valence-corrected chi connectivity index (χ1v) is 8.31. The van der Waals surface area contributed by atoms with Gasteiger partial charge in [-0.2, -0.15) is 0 Å². The highest BCUT2D eigenvalue weighted by atomic mass is 19.1. The van der Waals surface area contributed by atoms with E-state index < -0.39 is 5.54 Å². The van der Waals surface area contributed by atoms with Gasteiger partial charge in [0, 0.05) is 38.2 Å². The van der Waals surface area contributed by atoms with Crippen molar-refractivity contribution in [2.24, 2.45) is 16.8 Å². The van der Waals surface area contributed by atoms with Crippen LogP contribution in [-0.2, 0) is 11.3 Å². The van der Waals surface area contributed by atoms with Gasteiger partial charge in [0.05, 0.1) is 0 Å². The zero-order valence-corrected chi connectivity index (χ0v) is 13.6. The maximum atomic E-state index is 13.9. The van der Waals surface area contributed by atoms with Gasteiger partial charge in [-0.05, 0) is 31.7 Å². The number of benzene rings is 1. The van der Waals surface area contributed by atoms with E-state index in [4.69, 9.17) is 4.99 Å². The fourth-order valence-corrected chi connectivity index (χ4v) is 4.63. The van der Waals surface area contributed by atoms with E-state index in [0.29, 0.717) is 12.5 Å². The van der Waals surface area contributed by atoms with Gasteiger partial charge >= 0.3 is 0 Å². The topological polar surface area (TPSA) is 35.9 Å². The summed E-state index contributed by atoms with van der Waals surface area (Å²) in [5.74, 6) is 1.58. The van der Waals surface area contributed by atoms with Gasteiger partial charge in [0.1, 0.15) is 17.2 Å². The van der Waals surface area contributed by atoms with Crippen molar-refractivity contribution in [2.45, 2.75) is 31.8 Å². The van der Waals surface area contributed by atoms with Gasteiger partial charge in [0.2, 0.25) is 0 Å². The molecular weight excluding hydrogens is 293 g/mol. The Balaban J connectivity index is 1.55. The molecule has 1 aromatic carbocycles. The van der Waals surface area contributed by atoms with Crippen LogP contribution in [0.3, 0.4) is 0 Å². The second-order valence-electron chi connectivity index (χ2n) is 7.14. The average molecular weight is 315 g/mol. The van der Waals surface area contributed by atoms with Gasteiger partial charge in [0.15, 0.2) is 0 Å². The maximum Gasteiger partial charge on any atom is 0.255 e. The van der Waals surface area contributed by atoms with Gasteiger partial charge in [-0.25, -0.2) is 4.39 Å². The predicted octanol–water partition coefficient (Wildman–Crippen LogP) is 2.30. The van der Waals surface area contributed by atoms with Crippen LogP contribution in [0.4, 0.5) is 4.39 Å². The van der Waals surface area contributed by atoms with E-state index >= 15 is 0 Å². The van der Waals surface area contributed by atoms with Gasteiger partial charge < -0.3 is 4.90 Å². The number of amidine groups is 1. The average Bonchev–Trinajstić information content (AvgIpc) is 3.14. The Morgan fingerprint density at radius 3 is 2.83 bits per heavy atom. The van der Waals surface area contributed by atoms with E-state index in [9.17, 15) is 9.18 Å². The molecule has 1 spiro atoms. The minimum absolute atomic E-state index is 0.148. The number of carbonyl (C=O) groups is 1. The summed E-state index contributed by atoms with van der Waals surface area (Å²) in [7, 11) is 1.81. The summed E-state index contributed by atoms with van der Waals surface area (Å²) < 4.78 is 13.9. The van der Waals surface area contributed by atoms with Crippen LogP contribution in [0, 0.1) is 17.7 Å². The van der Waals surface area contributed by atoms with Crippen molar-refractivity contribution in [3.63, 3.8) is 0 Å². The molecule has 0 aromatic heterocycles. The zero-order chi connectivity index (χ0) is 16.2. The van der Waals surface area contributed by atoms with E-state index in [-0.39, 0.29) is 17.6 Å². The smallest absolute Gasteiger partial charge is 0.255 e. The first-order chi connectivity index (χ1) is 11.0. The van der Waals surface area contributed by atoms with Gasteiger partial charge in [-0.15, -0.1) is 0 Å². The lowest BCUT2D eigenvalue weighted by Gasteiger charge is -2.27. The molecule has 3 aliphatic rings. The summed E-state index contributed by atoms with van der Waals surface area (Å²) in [5.41, 5.74) is 0.184. The third kappa shape index (κ3) is 2.13. The van der Waals surface area contributed by atoms with Crippen LogP contribution in [0.5, 0.6) is 0 Å². The first-order valence-electron chi connectivity index (χ1n) is 8.31. The standard InChI is InChI=1S/C18H22FN3O/c1-12-20-18(17(23)21(12)2)8-7-13-9-22(11-15(13)18)10-14-5-3-4-6-16(14)19/h3-6,13,15H,7-11H2,1-2H3/t13-,15+,18-/m1/s1. The third-order valence-electron chi connectivity index (χ3n) is 5.90. The molecule has 3 atom stereocenters. The van der Waals surface area contributed by atoms with Gasteiger partial charge in [0.25, 0.3) is 5.91 Å². The van der Waals surface area contributed by atoms with Crippen LogP contribution in [0.15, 0.2) is 29.3 Å². The molecule has 1 aromatic rings. The van der Waals surface area contributed by atoms with E-state index in [2.05, 4.69) is 4.90 Å². The van der Waals surface area contributed by atoms with Gasteiger partial charge in [-0.1, -0.05) is 18.2 Å². The van der Waals surface area contributed by atoms with Crippen LogP contribution < -0.4 is 0 Å². The summed E-state index contributed by atoms with van der Waals surface area (Å²) in [6.07, 6.45) is 1.89. The normalized spacial score (nSPS) is 33.6. The summed E-state index contributed by atoms with van der Waals surface area (Å²) in [6.45, 7) is 4.29. The second-order valence-corrected chi connectivity index (χ2v) is 7.14. The second kappa shape index (κ2) is 5.13. The molecule has 4 rings (SSSR count). The van der Waals surface area contributed by atoms with Crippen LogP contribution in [-0.4, -0.2) is 47.2 Å². The lowest BCUT2D eigenvalue weighted by Crippen LogP contribution is -2.45. The molecule has 5 heteroatoms. The number of fused-ring (bicyclic) bond motifs is 2. The van der Waals surface area contributed by atoms with Crippen molar-refractivity contribution < 1.29 is 9.18 Å². The molecule has 122 valence electrons. The fourth-order valence-electron chi connectivity index (χ4n) is 4.63. The third-order valence-corrected chi connectivity index (χ3v) is 5.90. The summed E-state index contributed by atoms with van der Waals surface area (Å²) in [6, 6.07) is 6.95. The van der Waals surface area contributed by atoms with Crippen molar-refractivity contribution in [2.75, 3.05) is 20.1 Å². The van der Waals surface area contributed by atoms with E-state index in [1.807, 2.05) is 26.1 Å². The Morgan fingerprint density at radius 1 is 1.35 bits per heavy atom. The zero-order valence-electron chi connectivity index (χ0n) is 13.6. The Kier molecular flexibility index (Phi) is 3.30. The molecule has 2 heterocycles. The molecule has 1 aliphatic carbocycles. The van der Waals surface area contributed by atoms with Crippen molar-refractivity contribution in [3.05, 3.63) is 35.6 Å². The lowest BCUT2D eigenvalue weighted by molar-refractivity contribution is -0.131. The molecule has 0 N–H and O–H groups in total. The summed E-state index contributed by atoms with van der Waals surface area (Å²) in [5, 5.41) is 0. The molecule has 0 unspecified atom stereocenters. The Bertz CT molecular complexity index is 689. The molecule has 2 fully saturated rings. The number of hydrogen-bond donors (Lipinski definition) is 0. The number of rotatable bonds is 2. The van der Waals surface area contributed by atoms with Crippen LogP contribution in [0.25, 0.3) is 0 Å². The van der Waals surface area contributed by atoms with Crippen LogP contribution in [0.1, 0.15) is 25.3 Å². The largest absolute Gasteiger partial charge is 0.302 e. The maximum absolute atomic E-state index is 13.9. The highest BCUT2D eigenvalue weighted by Gasteiger charge is 2.59. The molecule has 4 nitrogen and oxygen atoms in total. The molecule has 0 bridgehead atoms. The van der Waals surface area contributed by atoms with Crippen LogP contribution in [0.2, 0.25) is 0 Å². The Labute approximate surface area is 136 Å². The molecule has 1 saturated carbocycles. The molecule has 1 saturated heterocycles. The number of halogens is 1. The predicted molar refractivity (Wildman–Crippen MR) is 86.5 cm³/mol. The number of likely N-dealkylation sites (tertiary alicyclic amines) is 1. The number of carbonyl (C=O) groups excluding carboxylic acids is 1. The molecule has 23 heavy (non-hydrogen) atoms. The molecular formula is C18H22FN3O. The number of hydrogen-bond acceptors (Lipinski definition) is 3. The summed E-state index contributed by atoms with van der Waals surface area (Å²) in [4.78, 5) is 21.5. The number of aliphatic imine (C=N–C) groups is 1. The monoisotopic (exact) mass is 315 g/mol. The minimum Gasteiger partial charge on any atom is -0.302 e. The number of likely N-dealkylation sites (N-methyl/N-ethyl adjacent to an activating group) is 1. The van der Waals surface area contributed by atoms with Crippen LogP contribution >= 0.6 is 0 Å². The van der Waals surface area contributed by atoms with Crippen molar-refractivity contribution in [1.82, 2.24) is 9.80 Å². The van der Waals surface area contributed by atoms with E-state index in [1.54, 1.807) is 11.0 Å². The minimum atomic E-state index is -0.548. The Morgan fingerprint density at radius 2 is 2.13 bits per heavy atom. The Hall–Kier alpha value is -1.75. The van der Waals surface area contributed by atoms with Gasteiger partial charge in [-0.3, -0.25) is 14.7 Å². The highest BCUT2D eigenvalue weighted by Crippen LogP contribution is 2.50. The number of nitrogens with zero attached hydrogens (tertiary/aromatic N) is 3. The molecule has 0 radical (unpaired) electrons. The molecule has 2 aliphatic heterocycles. The fraction of sp³-hybridized carbons (Fsp3) is 0.556. The van der Waals surface area contributed by atoms with Crippen molar-refractivity contribution in [1.29, 1.82) is 0 Å². The number of amides is 1. The van der Waals surface area contributed by atoms with E-state index in [1.165, 1.54) is 6.07 Å². The SMILES string of the molecule is CC1=N[C@@]2(CC[C@@H]3CN(Cc4ccccc4F)C[C@@H]32)C(=O)N1C. The molecule has 1 amide bonds. The highest BCUT2D eigenvalue weighted by molar-refractivity contribution is 6.07. The van der Waals surface area contributed by atoms with Crippen molar-refractivity contribution >= 4 is 11.7 Å².